The fraction of sp³-hybridized carbons (Fsp3) is 0.192. The zero-order valence-electron chi connectivity index (χ0n) is 20.0. The molecule has 2 N–H and O–H groups in total. The molecule has 10 heteroatoms. The Balaban J connectivity index is 1.77. The zero-order chi connectivity index (χ0) is 25.6. The number of hydrogen-bond acceptors (Lipinski definition) is 6. The van der Waals surface area contributed by atoms with Crippen LogP contribution in [0.25, 0.3) is 32.0 Å². The maximum absolute atomic E-state index is 13.6. The fourth-order valence-electron chi connectivity index (χ4n) is 4.34. The molecule has 3 aromatic heterocycles. The lowest BCUT2D eigenvalue weighted by molar-refractivity contribution is 0.413. The topological polar surface area (TPSA) is 97.1 Å². The lowest BCUT2D eigenvalue weighted by Gasteiger charge is -2.11. The smallest absolute Gasteiger partial charge is 0.336 e. The van der Waals surface area contributed by atoms with Crippen LogP contribution < -0.4 is 21.7 Å². The van der Waals surface area contributed by atoms with Crippen LogP contribution in [0.15, 0.2) is 64.6 Å². The minimum Gasteiger partial charge on any atom is -0.495 e. The summed E-state index contributed by atoms with van der Waals surface area (Å²) in [6.45, 7) is 3.98. The number of methoxy groups -OCH3 is 1. The van der Waals surface area contributed by atoms with E-state index in [-0.39, 0.29) is 13.1 Å². The monoisotopic (exact) mass is 505 g/mol. The molecule has 0 spiro atoms. The largest absolute Gasteiger partial charge is 0.495 e. The van der Waals surface area contributed by atoms with Gasteiger partial charge in [-0.25, -0.2) is 14.2 Å². The van der Waals surface area contributed by atoms with Gasteiger partial charge in [0.05, 0.1) is 35.9 Å². The van der Waals surface area contributed by atoms with Gasteiger partial charge in [-0.3, -0.25) is 13.9 Å². The number of thiophene rings is 1. The average Bonchev–Trinajstić information content (AvgIpc) is 3.45. The van der Waals surface area contributed by atoms with Gasteiger partial charge < -0.3 is 15.0 Å². The molecule has 5 rings (SSSR count). The summed E-state index contributed by atoms with van der Waals surface area (Å²) in [5.41, 5.74) is 8.56. The molecule has 36 heavy (non-hydrogen) atoms. The van der Waals surface area contributed by atoms with Crippen LogP contribution in [0.1, 0.15) is 11.3 Å². The molecule has 0 aliphatic carbocycles. The zero-order valence-corrected chi connectivity index (χ0v) is 20.8. The van der Waals surface area contributed by atoms with Gasteiger partial charge in [-0.15, -0.1) is 11.3 Å². The van der Waals surface area contributed by atoms with Gasteiger partial charge in [0, 0.05) is 24.2 Å². The molecule has 8 nitrogen and oxygen atoms in total. The van der Waals surface area contributed by atoms with E-state index in [0.29, 0.717) is 21.7 Å². The normalized spacial score (nSPS) is 11.4. The van der Waals surface area contributed by atoms with Crippen molar-refractivity contribution in [3.8, 4) is 27.6 Å². The molecule has 0 amide bonds. The summed E-state index contributed by atoms with van der Waals surface area (Å²) in [7, 11) is 1.60. The molecule has 0 saturated heterocycles. The van der Waals surface area contributed by atoms with Crippen molar-refractivity contribution in [2.24, 2.45) is 5.73 Å². The van der Waals surface area contributed by atoms with E-state index in [1.807, 2.05) is 42.8 Å². The summed E-state index contributed by atoms with van der Waals surface area (Å²) in [5, 5.41) is 0.431. The predicted molar refractivity (Wildman–Crippen MR) is 139 cm³/mol. The molecule has 3 heterocycles. The van der Waals surface area contributed by atoms with Crippen molar-refractivity contribution in [2.45, 2.75) is 20.4 Å². The Bertz CT molecular complexity index is 1710. The Hall–Kier alpha value is -4.02. The van der Waals surface area contributed by atoms with Crippen LogP contribution in [0, 0.1) is 19.7 Å². The number of hydrogen-bond donors (Lipinski definition) is 1. The number of fused-ring (bicyclic) bond motifs is 1. The van der Waals surface area contributed by atoms with E-state index in [1.165, 1.54) is 40.2 Å². The summed E-state index contributed by atoms with van der Waals surface area (Å²) < 4.78 is 23.8. The van der Waals surface area contributed by atoms with E-state index in [4.69, 9.17) is 10.5 Å². The van der Waals surface area contributed by atoms with E-state index < -0.39 is 17.1 Å². The molecule has 0 saturated carbocycles. The quantitative estimate of drug-likeness (QED) is 0.379. The molecule has 0 fully saturated rings. The van der Waals surface area contributed by atoms with Crippen LogP contribution in [0.5, 0.6) is 5.75 Å². The number of imidazole rings is 1. The Morgan fingerprint density at radius 3 is 2.50 bits per heavy atom. The minimum absolute atomic E-state index is 0.0757. The van der Waals surface area contributed by atoms with Gasteiger partial charge in [0.1, 0.15) is 16.4 Å². The highest BCUT2D eigenvalue weighted by molar-refractivity contribution is 7.22. The Labute approximate surface area is 209 Å². The van der Waals surface area contributed by atoms with Crippen LogP contribution in [0.2, 0.25) is 0 Å². The van der Waals surface area contributed by atoms with Crippen LogP contribution in [0.3, 0.4) is 0 Å². The number of nitrogens with two attached hydrogens (primary N) is 1. The number of aromatic nitrogens is 4. The van der Waals surface area contributed by atoms with Crippen LogP contribution in [-0.2, 0) is 6.54 Å². The van der Waals surface area contributed by atoms with Crippen molar-refractivity contribution in [1.29, 1.82) is 0 Å². The molecule has 0 radical (unpaired) electrons. The van der Waals surface area contributed by atoms with Gasteiger partial charge >= 0.3 is 5.69 Å². The third-order valence-electron chi connectivity index (χ3n) is 6.08. The van der Waals surface area contributed by atoms with Crippen molar-refractivity contribution < 1.29 is 9.13 Å². The maximum Gasteiger partial charge on any atom is 0.336 e. The first-order chi connectivity index (χ1) is 17.3. The lowest BCUT2D eigenvalue weighted by atomic mass is 10.1. The predicted octanol–water partition coefficient (Wildman–Crippen LogP) is 3.79. The molecular formula is C26H24FN5O3S. The second kappa shape index (κ2) is 9.21. The third kappa shape index (κ3) is 3.84. The number of ether oxygens (including phenoxy) is 1. The van der Waals surface area contributed by atoms with E-state index in [9.17, 15) is 14.0 Å². The molecule has 0 aliphatic rings. The van der Waals surface area contributed by atoms with Crippen molar-refractivity contribution in [1.82, 2.24) is 18.7 Å². The van der Waals surface area contributed by atoms with E-state index in [2.05, 4.69) is 4.98 Å². The van der Waals surface area contributed by atoms with Gasteiger partial charge in [-0.2, -0.15) is 0 Å². The summed E-state index contributed by atoms with van der Waals surface area (Å²) in [6, 6.07) is 11.4. The van der Waals surface area contributed by atoms with E-state index in [0.717, 1.165) is 32.0 Å². The molecule has 184 valence electrons. The fourth-order valence-corrected chi connectivity index (χ4v) is 5.65. The molecule has 0 aliphatic heterocycles. The molecule has 5 aromatic rings. The summed E-state index contributed by atoms with van der Waals surface area (Å²) >= 11 is 1.33. The molecule has 0 atom stereocenters. The standard InChI is InChI=1S/C26H24FN5O3S/c1-15-13-30(14-29-15)20-9-4-17(12-21(20)35-3)23-16(2)22-24(33)31(11-10-28)26(34)32(25(22)36-23)19-7-5-18(27)6-8-19/h4-9,12-14H,10-11,28H2,1-3H3. The van der Waals surface area contributed by atoms with Gasteiger partial charge in [0.2, 0.25) is 0 Å². The van der Waals surface area contributed by atoms with Crippen molar-refractivity contribution in [3.63, 3.8) is 0 Å². The average molecular weight is 506 g/mol. The van der Waals surface area contributed by atoms with Gasteiger partial charge in [-0.1, -0.05) is 6.07 Å². The highest BCUT2D eigenvalue weighted by Crippen LogP contribution is 2.39. The SMILES string of the molecule is COc1cc(-c2sc3c(c2C)c(=O)n(CCN)c(=O)n3-c2ccc(F)cc2)ccc1-n1cnc(C)c1. The summed E-state index contributed by atoms with van der Waals surface area (Å²) in [6.07, 6.45) is 3.63. The molecular weight excluding hydrogens is 481 g/mol. The van der Waals surface area contributed by atoms with E-state index in [1.54, 1.807) is 13.4 Å². The van der Waals surface area contributed by atoms with Gasteiger partial charge in [0.25, 0.3) is 5.56 Å². The second-order valence-corrected chi connectivity index (χ2v) is 9.38. The molecule has 2 aromatic carbocycles. The van der Waals surface area contributed by atoms with Crippen molar-refractivity contribution in [2.75, 3.05) is 13.7 Å². The summed E-state index contributed by atoms with van der Waals surface area (Å²) in [4.78, 5) is 32.4. The third-order valence-corrected chi connectivity index (χ3v) is 7.41. The number of rotatable bonds is 6. The number of aryl methyl sites for hydroxylation is 2. The first-order valence-electron chi connectivity index (χ1n) is 11.3. The van der Waals surface area contributed by atoms with Crippen LogP contribution in [0.4, 0.5) is 4.39 Å². The van der Waals surface area contributed by atoms with Crippen molar-refractivity contribution in [3.05, 3.63) is 92.9 Å². The number of benzene rings is 2. The number of halogens is 1. The Morgan fingerprint density at radius 2 is 1.86 bits per heavy atom. The highest BCUT2D eigenvalue weighted by Gasteiger charge is 2.22. The van der Waals surface area contributed by atoms with Crippen molar-refractivity contribution >= 4 is 21.6 Å². The first-order valence-corrected chi connectivity index (χ1v) is 12.1. The Morgan fingerprint density at radius 1 is 1.11 bits per heavy atom. The highest BCUT2D eigenvalue weighted by atomic mass is 32.1. The Kier molecular flexibility index (Phi) is 6.07. The van der Waals surface area contributed by atoms with Gasteiger partial charge in [0.15, 0.2) is 0 Å². The number of nitrogens with zero attached hydrogens (tertiary/aromatic N) is 4. The molecule has 0 unspecified atom stereocenters. The lowest BCUT2D eigenvalue weighted by Crippen LogP contribution is -2.40. The van der Waals surface area contributed by atoms with E-state index >= 15 is 0 Å². The van der Waals surface area contributed by atoms with Crippen LogP contribution >= 0.6 is 11.3 Å². The van der Waals surface area contributed by atoms with Gasteiger partial charge in [-0.05, 0) is 61.4 Å². The maximum atomic E-state index is 13.6. The molecule has 0 bridgehead atoms. The first kappa shape index (κ1) is 23.7. The summed E-state index contributed by atoms with van der Waals surface area (Å²) in [5.74, 6) is 0.222. The van der Waals surface area contributed by atoms with Crippen LogP contribution in [-0.4, -0.2) is 32.3 Å². The second-order valence-electron chi connectivity index (χ2n) is 8.39. The minimum atomic E-state index is -0.513.